The number of fused-ring (bicyclic) bond motifs is 1. The Morgan fingerprint density at radius 1 is 1.04 bits per heavy atom. The van der Waals surface area contributed by atoms with Gasteiger partial charge in [0.15, 0.2) is 0 Å². The Morgan fingerprint density at radius 3 is 2.70 bits per heavy atom. The van der Waals surface area contributed by atoms with Gasteiger partial charge in [-0.1, -0.05) is 0 Å². The second kappa shape index (κ2) is 6.47. The molecule has 2 aromatic heterocycles. The van der Waals surface area contributed by atoms with Crippen LogP contribution in [0, 0.1) is 0 Å². The minimum Gasteiger partial charge on any atom is -0.314 e. The molecule has 23 heavy (non-hydrogen) atoms. The van der Waals surface area contributed by atoms with Crippen LogP contribution >= 0.6 is 0 Å². The van der Waals surface area contributed by atoms with Crippen LogP contribution < -0.4 is 5.32 Å². The van der Waals surface area contributed by atoms with E-state index in [-0.39, 0.29) is 0 Å². The zero-order valence-corrected chi connectivity index (χ0v) is 13.1. The summed E-state index contributed by atoms with van der Waals surface area (Å²) in [5.41, 5.74) is 2.22. The molecule has 0 radical (unpaired) electrons. The molecule has 120 valence electrons. The van der Waals surface area contributed by atoms with Gasteiger partial charge in [0.05, 0.1) is 17.4 Å². The highest BCUT2D eigenvalue weighted by Gasteiger charge is 2.10. The summed E-state index contributed by atoms with van der Waals surface area (Å²) >= 11 is 0. The van der Waals surface area contributed by atoms with Gasteiger partial charge in [-0.3, -0.25) is 9.25 Å². The lowest BCUT2D eigenvalue weighted by Crippen LogP contribution is -2.43. The van der Waals surface area contributed by atoms with Gasteiger partial charge in [0, 0.05) is 38.1 Å². The summed E-state index contributed by atoms with van der Waals surface area (Å²) in [6.07, 6.45) is 6.49. The van der Waals surface area contributed by atoms with Crippen LogP contribution in [0.2, 0.25) is 0 Å². The van der Waals surface area contributed by atoms with E-state index in [1.54, 1.807) is 12.7 Å². The average Bonchev–Trinajstić information content (AvgIpc) is 3.25. The molecule has 0 amide bonds. The number of rotatable bonds is 5. The zero-order valence-electron chi connectivity index (χ0n) is 13.1. The summed E-state index contributed by atoms with van der Waals surface area (Å²) in [5, 5.41) is 16.8. The molecule has 0 aliphatic carbocycles. The van der Waals surface area contributed by atoms with Crippen molar-refractivity contribution in [2.75, 3.05) is 32.7 Å². The largest absolute Gasteiger partial charge is 0.314 e. The summed E-state index contributed by atoms with van der Waals surface area (Å²) < 4.78 is 4.02. The number of nitrogens with one attached hydrogen (secondary N) is 1. The van der Waals surface area contributed by atoms with Crippen molar-refractivity contribution in [1.82, 2.24) is 34.8 Å². The predicted octanol–water partition coefficient (Wildman–Crippen LogP) is 0.912. The summed E-state index contributed by atoms with van der Waals surface area (Å²) in [6, 6.07) is 6.32. The van der Waals surface area contributed by atoms with Crippen LogP contribution in [0.1, 0.15) is 6.42 Å². The molecule has 1 aliphatic rings. The Kier molecular flexibility index (Phi) is 4.04. The van der Waals surface area contributed by atoms with Crippen molar-refractivity contribution < 1.29 is 0 Å². The molecule has 0 atom stereocenters. The summed E-state index contributed by atoms with van der Waals surface area (Å²) in [7, 11) is 0. The molecule has 0 unspecified atom stereocenters. The fraction of sp³-hybridized carbons (Fsp3) is 0.438. The standard InChI is InChI=1S/C16H21N7/c1(6-21-8-4-17-5-9-21)7-23-16-10-15(22-12-18-19-13-22)3-2-14(16)11-20-23/h2-3,10-13,17H,1,4-9H2. The first-order valence-electron chi connectivity index (χ1n) is 8.14. The Balaban J connectivity index is 1.47. The number of benzene rings is 1. The van der Waals surface area contributed by atoms with E-state index in [0.717, 1.165) is 56.9 Å². The molecule has 3 heterocycles. The van der Waals surface area contributed by atoms with E-state index < -0.39 is 0 Å². The topological polar surface area (TPSA) is 63.8 Å². The van der Waals surface area contributed by atoms with Gasteiger partial charge in [0.1, 0.15) is 12.7 Å². The van der Waals surface area contributed by atoms with Crippen LogP contribution in [0.25, 0.3) is 16.6 Å². The lowest BCUT2D eigenvalue weighted by molar-refractivity contribution is 0.234. The van der Waals surface area contributed by atoms with E-state index in [1.165, 1.54) is 5.39 Å². The molecule has 4 rings (SSSR count). The fourth-order valence-electron chi connectivity index (χ4n) is 3.11. The quantitative estimate of drug-likeness (QED) is 0.759. The van der Waals surface area contributed by atoms with Crippen molar-refractivity contribution in [2.24, 2.45) is 0 Å². The molecule has 1 saturated heterocycles. The van der Waals surface area contributed by atoms with E-state index in [9.17, 15) is 0 Å². The Bertz CT molecular complexity index is 756. The molecule has 1 aliphatic heterocycles. The zero-order chi connectivity index (χ0) is 15.5. The number of nitrogens with zero attached hydrogens (tertiary/aromatic N) is 6. The van der Waals surface area contributed by atoms with Crippen LogP contribution in [-0.2, 0) is 6.54 Å². The van der Waals surface area contributed by atoms with Crippen LogP contribution in [-0.4, -0.2) is 62.2 Å². The third kappa shape index (κ3) is 3.11. The second-order valence-corrected chi connectivity index (χ2v) is 5.93. The van der Waals surface area contributed by atoms with Gasteiger partial charge in [0.25, 0.3) is 0 Å². The van der Waals surface area contributed by atoms with Gasteiger partial charge in [-0.05, 0) is 31.2 Å². The van der Waals surface area contributed by atoms with Crippen molar-refractivity contribution in [1.29, 1.82) is 0 Å². The minimum atomic E-state index is 0.944. The first-order valence-corrected chi connectivity index (χ1v) is 8.14. The molecule has 3 aromatic rings. The van der Waals surface area contributed by atoms with Crippen molar-refractivity contribution in [3.63, 3.8) is 0 Å². The average molecular weight is 311 g/mol. The summed E-state index contributed by atoms with van der Waals surface area (Å²) in [6.45, 7) is 6.59. The van der Waals surface area contributed by atoms with Gasteiger partial charge in [-0.2, -0.15) is 5.10 Å². The van der Waals surface area contributed by atoms with E-state index >= 15 is 0 Å². The molecule has 1 aromatic carbocycles. The van der Waals surface area contributed by atoms with E-state index in [0.29, 0.717) is 0 Å². The Morgan fingerprint density at radius 2 is 1.87 bits per heavy atom. The predicted molar refractivity (Wildman–Crippen MR) is 88.6 cm³/mol. The molecule has 7 nitrogen and oxygen atoms in total. The summed E-state index contributed by atoms with van der Waals surface area (Å²) in [5.74, 6) is 0. The van der Waals surface area contributed by atoms with Crippen LogP contribution in [0.5, 0.6) is 0 Å². The van der Waals surface area contributed by atoms with Gasteiger partial charge in [-0.25, -0.2) is 0 Å². The molecule has 0 saturated carbocycles. The van der Waals surface area contributed by atoms with Crippen molar-refractivity contribution in [3.05, 3.63) is 37.1 Å². The normalized spacial score (nSPS) is 16.2. The first-order chi connectivity index (χ1) is 11.4. The van der Waals surface area contributed by atoms with E-state index in [2.05, 4.69) is 48.4 Å². The lowest BCUT2D eigenvalue weighted by Gasteiger charge is -2.27. The Hall–Kier alpha value is -2.25. The number of hydrogen-bond donors (Lipinski definition) is 1. The van der Waals surface area contributed by atoms with Crippen LogP contribution in [0.3, 0.4) is 0 Å². The maximum atomic E-state index is 4.55. The van der Waals surface area contributed by atoms with Crippen molar-refractivity contribution >= 4 is 10.9 Å². The van der Waals surface area contributed by atoms with Gasteiger partial charge in [0.2, 0.25) is 0 Å². The lowest BCUT2D eigenvalue weighted by atomic mass is 10.2. The van der Waals surface area contributed by atoms with Crippen LogP contribution in [0.15, 0.2) is 37.1 Å². The van der Waals surface area contributed by atoms with Gasteiger partial charge >= 0.3 is 0 Å². The fourth-order valence-corrected chi connectivity index (χ4v) is 3.11. The van der Waals surface area contributed by atoms with Crippen LogP contribution in [0.4, 0.5) is 0 Å². The SMILES string of the molecule is c1cc2cnn(CCCN3CCNCC3)c2cc1-n1cnnc1. The molecule has 7 heteroatoms. The minimum absolute atomic E-state index is 0.944. The van der Waals surface area contributed by atoms with E-state index in [4.69, 9.17) is 0 Å². The maximum absolute atomic E-state index is 4.55. The maximum Gasteiger partial charge on any atom is 0.123 e. The molecule has 1 fully saturated rings. The molecular formula is C16H21N7. The third-order valence-electron chi connectivity index (χ3n) is 4.40. The second-order valence-electron chi connectivity index (χ2n) is 5.93. The smallest absolute Gasteiger partial charge is 0.123 e. The summed E-state index contributed by atoms with van der Waals surface area (Å²) in [4.78, 5) is 2.52. The highest BCUT2D eigenvalue weighted by molar-refractivity contribution is 5.80. The van der Waals surface area contributed by atoms with Gasteiger partial charge < -0.3 is 10.2 Å². The number of aromatic nitrogens is 5. The molecule has 0 spiro atoms. The monoisotopic (exact) mass is 311 g/mol. The highest BCUT2D eigenvalue weighted by Crippen LogP contribution is 2.18. The van der Waals surface area contributed by atoms with Crippen molar-refractivity contribution in [2.45, 2.75) is 13.0 Å². The number of aryl methyl sites for hydroxylation is 1. The molecular weight excluding hydrogens is 290 g/mol. The number of piperazine rings is 1. The Labute approximate surface area is 134 Å². The molecule has 1 N–H and O–H groups in total. The highest BCUT2D eigenvalue weighted by atomic mass is 15.3. The number of hydrogen-bond acceptors (Lipinski definition) is 5. The van der Waals surface area contributed by atoms with Crippen molar-refractivity contribution in [3.8, 4) is 5.69 Å². The molecule has 0 bridgehead atoms. The van der Waals surface area contributed by atoms with Gasteiger partial charge in [-0.15, -0.1) is 10.2 Å². The first kappa shape index (κ1) is 14.3. The third-order valence-corrected chi connectivity index (χ3v) is 4.40. The van der Waals surface area contributed by atoms with E-state index in [1.807, 2.05) is 10.8 Å².